The molecular formula is C14H28N4O2. The highest BCUT2D eigenvalue weighted by atomic mass is 16.2. The summed E-state index contributed by atoms with van der Waals surface area (Å²) in [6.07, 6.45) is 2.07. The lowest BCUT2D eigenvalue weighted by molar-refractivity contribution is -0.121. The van der Waals surface area contributed by atoms with Crippen molar-refractivity contribution in [3.8, 4) is 0 Å². The van der Waals surface area contributed by atoms with Crippen LogP contribution in [0.25, 0.3) is 0 Å². The van der Waals surface area contributed by atoms with Crippen molar-refractivity contribution < 1.29 is 9.59 Å². The topological polar surface area (TPSA) is 73.5 Å². The van der Waals surface area contributed by atoms with Crippen LogP contribution in [0.15, 0.2) is 0 Å². The Morgan fingerprint density at radius 2 is 1.80 bits per heavy atom. The van der Waals surface area contributed by atoms with E-state index in [2.05, 4.69) is 27.9 Å². The molecule has 0 aromatic carbocycles. The number of amides is 3. The molecule has 0 saturated carbocycles. The first-order valence-corrected chi connectivity index (χ1v) is 7.41. The maximum Gasteiger partial charge on any atom is 0.321 e. The van der Waals surface area contributed by atoms with E-state index < -0.39 is 6.03 Å². The quantitative estimate of drug-likeness (QED) is 0.689. The molecule has 116 valence electrons. The first kappa shape index (κ1) is 16.9. The molecule has 0 bridgehead atoms. The van der Waals surface area contributed by atoms with Crippen molar-refractivity contribution in [2.75, 3.05) is 26.7 Å². The van der Waals surface area contributed by atoms with E-state index >= 15 is 0 Å². The molecule has 0 aliphatic carbocycles. The van der Waals surface area contributed by atoms with Gasteiger partial charge in [-0.2, -0.15) is 0 Å². The van der Waals surface area contributed by atoms with Crippen LogP contribution in [-0.2, 0) is 4.79 Å². The molecule has 0 aromatic rings. The lowest BCUT2D eigenvalue weighted by Crippen LogP contribution is -2.52. The summed E-state index contributed by atoms with van der Waals surface area (Å²) in [5.41, 5.74) is 0. The summed E-state index contributed by atoms with van der Waals surface area (Å²) in [5, 5.41) is 8.33. The van der Waals surface area contributed by atoms with Crippen molar-refractivity contribution in [3.63, 3.8) is 0 Å². The Morgan fingerprint density at radius 1 is 1.20 bits per heavy atom. The number of nitrogens with one attached hydrogen (secondary N) is 3. The standard InChI is InChI=1S/C14H28N4O2/c1-10(2)9-15-14(20)17-13(19)11(3)16-12-5-7-18(4)8-6-12/h10-12,16H,5-9H2,1-4H3,(H2,15,17,19,20)/t11-/m1/s1. The van der Waals surface area contributed by atoms with E-state index in [1.165, 1.54) is 0 Å². The van der Waals surface area contributed by atoms with Crippen molar-refractivity contribution >= 4 is 11.9 Å². The van der Waals surface area contributed by atoms with Gasteiger partial charge < -0.3 is 15.5 Å². The van der Waals surface area contributed by atoms with Gasteiger partial charge in [-0.15, -0.1) is 0 Å². The summed E-state index contributed by atoms with van der Waals surface area (Å²) in [7, 11) is 2.10. The number of piperidine rings is 1. The molecule has 3 amide bonds. The summed E-state index contributed by atoms with van der Waals surface area (Å²) in [6, 6.07) is -0.417. The molecule has 0 radical (unpaired) electrons. The minimum atomic E-state index is -0.416. The highest BCUT2D eigenvalue weighted by Gasteiger charge is 2.22. The summed E-state index contributed by atoms with van der Waals surface area (Å²) < 4.78 is 0. The highest BCUT2D eigenvalue weighted by Crippen LogP contribution is 2.08. The zero-order valence-corrected chi connectivity index (χ0v) is 13.0. The van der Waals surface area contributed by atoms with E-state index in [-0.39, 0.29) is 11.9 Å². The second-order valence-electron chi connectivity index (χ2n) is 6.06. The Bertz CT molecular complexity index is 325. The van der Waals surface area contributed by atoms with Crippen molar-refractivity contribution in [2.45, 2.75) is 45.7 Å². The molecule has 1 saturated heterocycles. The number of carbonyl (C=O) groups is 2. The van der Waals surface area contributed by atoms with Crippen LogP contribution >= 0.6 is 0 Å². The van der Waals surface area contributed by atoms with Crippen LogP contribution in [0, 0.1) is 5.92 Å². The molecule has 3 N–H and O–H groups in total. The molecule has 1 fully saturated rings. The minimum absolute atomic E-state index is 0.273. The van der Waals surface area contributed by atoms with Crippen LogP contribution in [0.3, 0.4) is 0 Å². The molecule has 0 aromatic heterocycles. The zero-order chi connectivity index (χ0) is 15.1. The van der Waals surface area contributed by atoms with E-state index in [9.17, 15) is 9.59 Å². The van der Waals surface area contributed by atoms with Crippen LogP contribution in [0.4, 0.5) is 4.79 Å². The lowest BCUT2D eigenvalue weighted by atomic mass is 10.0. The largest absolute Gasteiger partial charge is 0.338 e. The zero-order valence-electron chi connectivity index (χ0n) is 13.0. The summed E-state index contributed by atoms with van der Waals surface area (Å²) >= 11 is 0. The fourth-order valence-corrected chi connectivity index (χ4v) is 2.17. The molecule has 20 heavy (non-hydrogen) atoms. The molecule has 1 heterocycles. The molecule has 6 heteroatoms. The maximum atomic E-state index is 11.9. The predicted octanol–water partition coefficient (Wildman–Crippen LogP) is 0.541. The van der Waals surface area contributed by atoms with Gasteiger partial charge in [-0.1, -0.05) is 13.8 Å². The smallest absolute Gasteiger partial charge is 0.321 e. The van der Waals surface area contributed by atoms with E-state index in [1.807, 2.05) is 13.8 Å². The van der Waals surface area contributed by atoms with Crippen molar-refractivity contribution in [1.82, 2.24) is 20.9 Å². The molecular weight excluding hydrogens is 256 g/mol. The summed E-state index contributed by atoms with van der Waals surface area (Å²) in [5.74, 6) is 0.0933. The molecule has 1 atom stereocenters. The Hall–Kier alpha value is -1.14. The average Bonchev–Trinajstić information content (AvgIpc) is 2.39. The number of nitrogens with zero attached hydrogens (tertiary/aromatic N) is 1. The van der Waals surface area contributed by atoms with Crippen LogP contribution in [0.2, 0.25) is 0 Å². The van der Waals surface area contributed by atoms with Crippen LogP contribution in [0.1, 0.15) is 33.6 Å². The van der Waals surface area contributed by atoms with E-state index in [1.54, 1.807) is 6.92 Å². The third-order valence-electron chi connectivity index (χ3n) is 3.51. The van der Waals surface area contributed by atoms with Crippen LogP contribution in [-0.4, -0.2) is 55.6 Å². The van der Waals surface area contributed by atoms with Crippen molar-refractivity contribution in [3.05, 3.63) is 0 Å². The monoisotopic (exact) mass is 284 g/mol. The maximum absolute atomic E-state index is 11.9. The van der Waals surface area contributed by atoms with Gasteiger partial charge >= 0.3 is 6.03 Å². The third kappa shape index (κ3) is 6.34. The van der Waals surface area contributed by atoms with Gasteiger partial charge in [0.1, 0.15) is 0 Å². The van der Waals surface area contributed by atoms with Gasteiger partial charge in [-0.25, -0.2) is 4.79 Å². The number of imide groups is 1. The molecule has 6 nitrogen and oxygen atoms in total. The van der Waals surface area contributed by atoms with Crippen molar-refractivity contribution in [1.29, 1.82) is 0 Å². The second-order valence-corrected chi connectivity index (χ2v) is 6.06. The van der Waals surface area contributed by atoms with Crippen LogP contribution < -0.4 is 16.0 Å². The van der Waals surface area contributed by atoms with E-state index in [4.69, 9.17) is 0 Å². The molecule has 1 rings (SSSR count). The predicted molar refractivity (Wildman–Crippen MR) is 79.5 cm³/mol. The summed E-state index contributed by atoms with van der Waals surface area (Å²) in [4.78, 5) is 25.7. The minimum Gasteiger partial charge on any atom is -0.338 e. The number of urea groups is 1. The van der Waals surface area contributed by atoms with Gasteiger partial charge in [-0.3, -0.25) is 10.1 Å². The number of likely N-dealkylation sites (tertiary alicyclic amines) is 1. The number of rotatable bonds is 5. The van der Waals surface area contributed by atoms with Gasteiger partial charge in [-0.05, 0) is 45.8 Å². The number of hydrogen-bond donors (Lipinski definition) is 3. The van der Waals surface area contributed by atoms with Crippen molar-refractivity contribution in [2.24, 2.45) is 5.92 Å². The lowest BCUT2D eigenvalue weighted by Gasteiger charge is -2.31. The normalized spacial score (nSPS) is 18.9. The average molecular weight is 284 g/mol. The first-order valence-electron chi connectivity index (χ1n) is 7.41. The second kappa shape index (κ2) is 8.21. The SMILES string of the molecule is CC(C)CNC(=O)NC(=O)[C@@H](C)NC1CCN(C)CC1. The van der Waals surface area contributed by atoms with Gasteiger partial charge in [0, 0.05) is 12.6 Å². The Balaban J connectivity index is 2.26. The Morgan fingerprint density at radius 3 is 2.35 bits per heavy atom. The molecule has 1 aliphatic rings. The molecule has 1 aliphatic heterocycles. The fraction of sp³-hybridized carbons (Fsp3) is 0.857. The van der Waals surface area contributed by atoms with Crippen LogP contribution in [0.5, 0.6) is 0 Å². The molecule has 0 unspecified atom stereocenters. The summed E-state index contributed by atoms with van der Waals surface area (Å²) in [6.45, 7) is 8.46. The first-order chi connectivity index (χ1) is 9.38. The third-order valence-corrected chi connectivity index (χ3v) is 3.51. The Kier molecular flexibility index (Phi) is 6.95. The van der Waals surface area contributed by atoms with Gasteiger partial charge in [0.25, 0.3) is 0 Å². The fourth-order valence-electron chi connectivity index (χ4n) is 2.17. The van der Waals surface area contributed by atoms with Gasteiger partial charge in [0.05, 0.1) is 6.04 Å². The van der Waals surface area contributed by atoms with E-state index in [0.29, 0.717) is 18.5 Å². The number of carbonyl (C=O) groups excluding carboxylic acids is 2. The highest BCUT2D eigenvalue weighted by molar-refractivity contribution is 5.96. The molecule has 0 spiro atoms. The van der Waals surface area contributed by atoms with Gasteiger partial charge in [0.2, 0.25) is 5.91 Å². The van der Waals surface area contributed by atoms with E-state index in [0.717, 1.165) is 25.9 Å². The number of hydrogen-bond acceptors (Lipinski definition) is 4. The Labute approximate surface area is 121 Å². The van der Waals surface area contributed by atoms with Gasteiger partial charge in [0.15, 0.2) is 0 Å².